The number of rotatable bonds is 8. The van der Waals surface area contributed by atoms with Crippen molar-refractivity contribution in [1.29, 1.82) is 0 Å². The van der Waals surface area contributed by atoms with Crippen molar-refractivity contribution in [2.24, 2.45) is 0 Å². The summed E-state index contributed by atoms with van der Waals surface area (Å²) in [7, 11) is -6.25. The molecule has 168 valence electrons. The number of sulfonamides is 2. The van der Waals surface area contributed by atoms with Gasteiger partial charge in [0, 0.05) is 24.0 Å². The summed E-state index contributed by atoms with van der Waals surface area (Å²) in [6.07, 6.45) is 0. The third kappa shape index (κ3) is 5.77. The van der Waals surface area contributed by atoms with E-state index in [0.29, 0.717) is 17.1 Å². The number of anilines is 3. The molecule has 3 N–H and O–H groups in total. The molecule has 0 aliphatic heterocycles. The third-order valence-electron chi connectivity index (χ3n) is 4.24. The van der Waals surface area contributed by atoms with Crippen LogP contribution in [0.25, 0.3) is 0 Å². The summed E-state index contributed by atoms with van der Waals surface area (Å²) in [4.78, 5) is 11.0. The van der Waals surface area contributed by atoms with Crippen LogP contribution < -0.4 is 19.5 Å². The average Bonchev–Trinajstić information content (AvgIpc) is 2.74. The molecule has 0 atom stereocenters. The Kier molecular flexibility index (Phi) is 6.70. The molecule has 9 nitrogen and oxygen atoms in total. The molecule has 32 heavy (non-hydrogen) atoms. The smallest absolute Gasteiger partial charge is 0.261 e. The number of carbonyl (C=O) groups excluding carboxylic acids is 1. The monoisotopic (exact) mass is 475 g/mol. The van der Waals surface area contributed by atoms with E-state index in [1.165, 1.54) is 62.6 Å². The SMILES string of the molecule is COc1ccc(NS(=O)(=O)c2ccc(NS(=O)(=O)c3ccc(NC(C)=O)cc3)cc2)cc1. The molecule has 3 aromatic carbocycles. The molecule has 3 aromatic rings. The lowest BCUT2D eigenvalue weighted by Crippen LogP contribution is -2.14. The lowest BCUT2D eigenvalue weighted by Gasteiger charge is -2.11. The molecule has 0 saturated carbocycles. The first-order chi connectivity index (χ1) is 15.1. The molecule has 1 amide bonds. The number of nitrogens with one attached hydrogen (secondary N) is 3. The minimum atomic E-state index is -3.90. The normalized spacial score (nSPS) is 11.4. The van der Waals surface area contributed by atoms with Crippen LogP contribution in [0.15, 0.2) is 82.6 Å². The van der Waals surface area contributed by atoms with E-state index in [-0.39, 0.29) is 21.4 Å². The van der Waals surface area contributed by atoms with Gasteiger partial charge in [-0.15, -0.1) is 0 Å². The number of benzene rings is 3. The molecule has 0 spiro atoms. The van der Waals surface area contributed by atoms with Crippen molar-refractivity contribution in [3.8, 4) is 5.75 Å². The van der Waals surface area contributed by atoms with Crippen LogP contribution in [0.1, 0.15) is 6.92 Å². The number of hydrogen-bond donors (Lipinski definition) is 3. The fraction of sp³-hybridized carbons (Fsp3) is 0.0952. The maximum absolute atomic E-state index is 12.6. The minimum Gasteiger partial charge on any atom is -0.497 e. The van der Waals surface area contributed by atoms with Gasteiger partial charge in [0.1, 0.15) is 5.75 Å². The first-order valence-electron chi connectivity index (χ1n) is 9.26. The van der Waals surface area contributed by atoms with Crippen LogP contribution in [-0.4, -0.2) is 29.9 Å². The largest absolute Gasteiger partial charge is 0.497 e. The van der Waals surface area contributed by atoms with Gasteiger partial charge >= 0.3 is 0 Å². The van der Waals surface area contributed by atoms with Gasteiger partial charge < -0.3 is 10.1 Å². The summed E-state index contributed by atoms with van der Waals surface area (Å²) in [6.45, 7) is 1.35. The maximum atomic E-state index is 12.6. The van der Waals surface area contributed by atoms with Gasteiger partial charge in [0.2, 0.25) is 5.91 Å². The first kappa shape index (κ1) is 23.1. The molecule has 0 heterocycles. The van der Waals surface area contributed by atoms with Crippen molar-refractivity contribution in [2.75, 3.05) is 21.9 Å². The summed E-state index contributed by atoms with van der Waals surface area (Å²) in [5.74, 6) is 0.324. The molecule has 0 unspecified atom stereocenters. The summed E-state index contributed by atoms with van der Waals surface area (Å²) in [5.41, 5.74) is 1.02. The zero-order valence-corrected chi connectivity index (χ0v) is 18.8. The number of methoxy groups -OCH3 is 1. The fourth-order valence-corrected chi connectivity index (χ4v) is 4.83. The highest BCUT2D eigenvalue weighted by Crippen LogP contribution is 2.22. The second-order valence-electron chi connectivity index (χ2n) is 6.67. The van der Waals surface area contributed by atoms with E-state index in [1.54, 1.807) is 24.3 Å². The van der Waals surface area contributed by atoms with Crippen LogP contribution in [0.3, 0.4) is 0 Å². The van der Waals surface area contributed by atoms with Crippen LogP contribution in [-0.2, 0) is 24.8 Å². The summed E-state index contributed by atoms with van der Waals surface area (Å²) >= 11 is 0. The van der Waals surface area contributed by atoms with Crippen molar-refractivity contribution in [3.63, 3.8) is 0 Å². The topological polar surface area (TPSA) is 131 Å². The highest BCUT2D eigenvalue weighted by atomic mass is 32.2. The maximum Gasteiger partial charge on any atom is 0.261 e. The van der Waals surface area contributed by atoms with Gasteiger partial charge in [-0.25, -0.2) is 16.8 Å². The van der Waals surface area contributed by atoms with Crippen LogP contribution >= 0.6 is 0 Å². The van der Waals surface area contributed by atoms with Gasteiger partial charge in [-0.1, -0.05) is 0 Å². The lowest BCUT2D eigenvalue weighted by molar-refractivity contribution is -0.114. The summed E-state index contributed by atoms with van der Waals surface area (Å²) in [5, 5.41) is 2.55. The summed E-state index contributed by atoms with van der Waals surface area (Å²) in [6, 6.07) is 17.3. The second kappa shape index (κ2) is 9.28. The molecule has 0 aliphatic rings. The van der Waals surface area contributed by atoms with Gasteiger partial charge in [-0.2, -0.15) is 0 Å². The number of hydrogen-bond acceptors (Lipinski definition) is 6. The van der Waals surface area contributed by atoms with Crippen LogP contribution in [0.4, 0.5) is 17.1 Å². The van der Waals surface area contributed by atoms with E-state index in [0.717, 1.165) is 0 Å². The number of carbonyl (C=O) groups is 1. The van der Waals surface area contributed by atoms with E-state index >= 15 is 0 Å². The van der Waals surface area contributed by atoms with Gasteiger partial charge in [-0.05, 0) is 72.8 Å². The molecule has 0 radical (unpaired) electrons. The van der Waals surface area contributed by atoms with E-state index in [9.17, 15) is 21.6 Å². The molecule has 0 bridgehead atoms. The molecule has 3 rings (SSSR count). The van der Waals surface area contributed by atoms with Crippen LogP contribution in [0.5, 0.6) is 5.75 Å². The standard InChI is InChI=1S/C21H21N3O6S2/c1-15(25)22-16-5-11-20(12-6-16)31(26,27)24-18-7-13-21(14-8-18)32(28,29)23-17-3-9-19(30-2)10-4-17/h3-14,23-24H,1-2H3,(H,22,25). The highest BCUT2D eigenvalue weighted by molar-refractivity contribution is 7.93. The van der Waals surface area contributed by atoms with Gasteiger partial charge in [-0.3, -0.25) is 14.2 Å². The van der Waals surface area contributed by atoms with Gasteiger partial charge in [0.25, 0.3) is 20.0 Å². The Balaban J connectivity index is 1.72. The van der Waals surface area contributed by atoms with E-state index in [2.05, 4.69) is 14.8 Å². The quantitative estimate of drug-likeness (QED) is 0.458. The molecular weight excluding hydrogens is 454 g/mol. The van der Waals surface area contributed by atoms with Gasteiger partial charge in [0.05, 0.1) is 16.9 Å². The Morgan fingerprint density at radius 3 is 1.41 bits per heavy atom. The molecule has 0 aromatic heterocycles. The number of ether oxygens (including phenoxy) is 1. The van der Waals surface area contributed by atoms with Gasteiger partial charge in [0.15, 0.2) is 0 Å². The zero-order chi connectivity index (χ0) is 23.4. The lowest BCUT2D eigenvalue weighted by atomic mass is 10.3. The minimum absolute atomic E-state index is 0.00975. The van der Waals surface area contributed by atoms with Crippen molar-refractivity contribution in [2.45, 2.75) is 16.7 Å². The van der Waals surface area contributed by atoms with Crippen molar-refractivity contribution in [1.82, 2.24) is 0 Å². The molecule has 11 heteroatoms. The van der Waals surface area contributed by atoms with Crippen molar-refractivity contribution in [3.05, 3.63) is 72.8 Å². The predicted octanol–water partition coefficient (Wildman–Crippen LogP) is 3.26. The molecule has 0 saturated heterocycles. The Morgan fingerprint density at radius 1 is 0.656 bits per heavy atom. The molecule has 0 aliphatic carbocycles. The highest BCUT2D eigenvalue weighted by Gasteiger charge is 2.17. The van der Waals surface area contributed by atoms with Crippen molar-refractivity contribution >= 4 is 43.0 Å². The zero-order valence-electron chi connectivity index (χ0n) is 17.2. The van der Waals surface area contributed by atoms with E-state index in [1.807, 2.05) is 0 Å². The van der Waals surface area contributed by atoms with Crippen molar-refractivity contribution < 1.29 is 26.4 Å². The molecule has 0 fully saturated rings. The Morgan fingerprint density at radius 2 is 1.03 bits per heavy atom. The molecular formula is C21H21N3O6S2. The van der Waals surface area contributed by atoms with Crippen LogP contribution in [0, 0.1) is 0 Å². The summed E-state index contributed by atoms with van der Waals surface area (Å²) < 4.78 is 60.2. The Hall–Kier alpha value is -3.57. The van der Waals surface area contributed by atoms with E-state index < -0.39 is 20.0 Å². The first-order valence-corrected chi connectivity index (χ1v) is 12.2. The Bertz CT molecular complexity index is 1300. The fourth-order valence-electron chi connectivity index (χ4n) is 2.71. The van der Waals surface area contributed by atoms with Crippen LogP contribution in [0.2, 0.25) is 0 Å². The average molecular weight is 476 g/mol. The third-order valence-corrected chi connectivity index (χ3v) is 7.04. The number of amides is 1. The Labute approximate surface area is 186 Å². The predicted molar refractivity (Wildman–Crippen MR) is 122 cm³/mol. The second-order valence-corrected chi connectivity index (χ2v) is 10.0. The van der Waals surface area contributed by atoms with E-state index in [4.69, 9.17) is 4.74 Å².